The van der Waals surface area contributed by atoms with E-state index in [4.69, 9.17) is 0 Å². The second kappa shape index (κ2) is 7.61. The Morgan fingerprint density at radius 3 is 2.81 bits per heavy atom. The van der Waals surface area contributed by atoms with Crippen LogP contribution in [0.15, 0.2) is 60.9 Å². The third-order valence-corrected chi connectivity index (χ3v) is 4.94. The quantitative estimate of drug-likeness (QED) is 0.686. The number of nitrogens with zero attached hydrogens (tertiary/aromatic N) is 3. The monoisotopic (exact) mass is 362 g/mol. The lowest BCUT2D eigenvalue weighted by molar-refractivity contribution is -0.123. The third kappa shape index (κ3) is 3.56. The molecule has 1 saturated heterocycles. The van der Waals surface area contributed by atoms with Gasteiger partial charge in [0.05, 0.1) is 11.7 Å². The fourth-order valence-electron chi connectivity index (χ4n) is 3.60. The van der Waals surface area contributed by atoms with Gasteiger partial charge < -0.3 is 9.72 Å². The van der Waals surface area contributed by atoms with Gasteiger partial charge in [-0.1, -0.05) is 24.3 Å². The van der Waals surface area contributed by atoms with Crippen LogP contribution in [0.4, 0.5) is 5.69 Å². The highest BCUT2D eigenvalue weighted by atomic mass is 16.2. The number of hydrogen-bond donors (Lipinski definition) is 1. The van der Waals surface area contributed by atoms with Crippen molar-refractivity contribution in [1.29, 1.82) is 0 Å². The Labute approximate surface area is 157 Å². The van der Waals surface area contributed by atoms with Gasteiger partial charge in [-0.15, -0.1) is 0 Å². The number of imidazole rings is 1. The number of pyridine rings is 1. The molecule has 2 aromatic heterocycles. The lowest BCUT2D eigenvalue weighted by Crippen LogP contribution is -2.45. The van der Waals surface area contributed by atoms with Crippen molar-refractivity contribution in [3.8, 4) is 0 Å². The van der Waals surface area contributed by atoms with Crippen LogP contribution in [0.2, 0.25) is 0 Å². The summed E-state index contributed by atoms with van der Waals surface area (Å²) in [7, 11) is 0. The largest absolute Gasteiger partial charge is 0.354 e. The Bertz CT molecular complexity index is 951. The second-order valence-corrected chi connectivity index (χ2v) is 6.72. The zero-order valence-corrected chi connectivity index (χ0v) is 15.0. The molecule has 0 radical (unpaired) electrons. The first-order chi connectivity index (χ1) is 13.2. The maximum absolute atomic E-state index is 12.6. The van der Waals surface area contributed by atoms with E-state index in [2.05, 4.69) is 14.7 Å². The molecule has 1 aromatic carbocycles. The number of rotatable bonds is 6. The molecular weight excluding hydrogens is 340 g/mol. The zero-order chi connectivity index (χ0) is 18.6. The lowest BCUT2D eigenvalue weighted by Gasteiger charge is -2.24. The summed E-state index contributed by atoms with van der Waals surface area (Å²) in [6.45, 7) is 0.563. The van der Waals surface area contributed by atoms with Crippen molar-refractivity contribution < 1.29 is 9.59 Å². The average Bonchev–Trinajstić information content (AvgIpc) is 3.29. The van der Waals surface area contributed by atoms with Crippen LogP contribution in [-0.2, 0) is 16.0 Å². The van der Waals surface area contributed by atoms with Gasteiger partial charge >= 0.3 is 0 Å². The molecule has 1 aliphatic rings. The maximum atomic E-state index is 12.6. The van der Waals surface area contributed by atoms with Crippen LogP contribution >= 0.6 is 0 Å². The highest BCUT2D eigenvalue weighted by molar-refractivity contribution is 6.03. The van der Waals surface area contributed by atoms with Crippen molar-refractivity contribution >= 4 is 23.0 Å². The van der Waals surface area contributed by atoms with Gasteiger partial charge in [-0.05, 0) is 37.1 Å². The van der Waals surface area contributed by atoms with Crippen LogP contribution in [0.3, 0.4) is 0 Å². The second-order valence-electron chi connectivity index (χ2n) is 6.72. The van der Waals surface area contributed by atoms with Crippen molar-refractivity contribution in [3.63, 3.8) is 0 Å². The maximum Gasteiger partial charge on any atom is 0.243 e. The molecule has 4 rings (SSSR count). The summed E-state index contributed by atoms with van der Waals surface area (Å²) >= 11 is 0. The summed E-state index contributed by atoms with van der Waals surface area (Å²) in [6.07, 6.45) is 6.40. The van der Waals surface area contributed by atoms with Gasteiger partial charge in [-0.3, -0.25) is 14.5 Å². The smallest absolute Gasteiger partial charge is 0.243 e. The summed E-state index contributed by atoms with van der Waals surface area (Å²) in [5, 5.41) is 2.99. The van der Waals surface area contributed by atoms with Crippen molar-refractivity contribution in [2.24, 2.45) is 0 Å². The van der Waals surface area contributed by atoms with Gasteiger partial charge in [0.25, 0.3) is 0 Å². The van der Waals surface area contributed by atoms with Gasteiger partial charge in [0.1, 0.15) is 11.9 Å². The summed E-state index contributed by atoms with van der Waals surface area (Å²) in [5.41, 5.74) is 1.85. The Morgan fingerprint density at radius 2 is 1.96 bits per heavy atom. The summed E-state index contributed by atoms with van der Waals surface area (Å²) in [6, 6.07) is 15.0. The van der Waals surface area contributed by atoms with Crippen molar-refractivity contribution in [1.82, 2.24) is 14.7 Å². The SMILES string of the molecule is O=C(NCCCc1ncc2ccccn12)C1CCC(=O)N1c1ccccc1. The molecule has 3 aromatic rings. The number of aryl methyl sites for hydroxylation is 1. The molecule has 6 nitrogen and oxygen atoms in total. The van der Waals surface area contributed by atoms with Gasteiger partial charge in [-0.25, -0.2) is 4.98 Å². The van der Waals surface area contributed by atoms with E-state index in [1.54, 1.807) is 4.90 Å². The van der Waals surface area contributed by atoms with Crippen LogP contribution in [0.5, 0.6) is 0 Å². The summed E-state index contributed by atoms with van der Waals surface area (Å²) < 4.78 is 2.06. The molecule has 1 N–H and O–H groups in total. The number of aromatic nitrogens is 2. The Morgan fingerprint density at radius 1 is 1.15 bits per heavy atom. The van der Waals surface area contributed by atoms with Gasteiger partial charge in [-0.2, -0.15) is 0 Å². The van der Waals surface area contributed by atoms with Crippen LogP contribution in [0.25, 0.3) is 5.52 Å². The van der Waals surface area contributed by atoms with Crippen molar-refractivity contribution in [2.45, 2.75) is 31.7 Å². The Balaban J connectivity index is 1.33. The highest BCUT2D eigenvalue weighted by Crippen LogP contribution is 2.26. The Hall–Kier alpha value is -3.15. The average molecular weight is 362 g/mol. The highest BCUT2D eigenvalue weighted by Gasteiger charge is 2.36. The Kier molecular flexibility index (Phi) is 4.87. The summed E-state index contributed by atoms with van der Waals surface area (Å²) in [5.74, 6) is 0.907. The normalized spacial score (nSPS) is 16.8. The first-order valence-electron chi connectivity index (χ1n) is 9.30. The van der Waals surface area contributed by atoms with Crippen molar-refractivity contribution in [3.05, 3.63) is 66.7 Å². The van der Waals surface area contributed by atoms with E-state index in [9.17, 15) is 9.59 Å². The molecule has 2 amide bonds. The number of benzene rings is 1. The molecule has 1 aliphatic heterocycles. The molecule has 3 heterocycles. The molecule has 27 heavy (non-hydrogen) atoms. The predicted molar refractivity (Wildman–Crippen MR) is 103 cm³/mol. The number of para-hydroxylation sites is 1. The first-order valence-corrected chi connectivity index (χ1v) is 9.30. The minimum Gasteiger partial charge on any atom is -0.354 e. The third-order valence-electron chi connectivity index (χ3n) is 4.94. The minimum absolute atomic E-state index is 0.00482. The molecule has 0 bridgehead atoms. The number of amides is 2. The van der Waals surface area contributed by atoms with Crippen LogP contribution in [-0.4, -0.2) is 33.8 Å². The number of carbonyl (C=O) groups is 2. The predicted octanol–water partition coefficient (Wildman–Crippen LogP) is 2.58. The lowest BCUT2D eigenvalue weighted by atomic mass is 10.2. The molecule has 0 spiro atoms. The zero-order valence-electron chi connectivity index (χ0n) is 15.0. The fourth-order valence-corrected chi connectivity index (χ4v) is 3.60. The molecule has 0 aliphatic carbocycles. The van der Waals surface area contributed by atoms with E-state index in [1.165, 1.54) is 0 Å². The number of anilines is 1. The van der Waals surface area contributed by atoms with Crippen LogP contribution in [0, 0.1) is 0 Å². The van der Waals surface area contributed by atoms with E-state index < -0.39 is 6.04 Å². The number of carbonyl (C=O) groups excluding carboxylic acids is 2. The van der Waals surface area contributed by atoms with Gasteiger partial charge in [0.15, 0.2) is 0 Å². The molecule has 138 valence electrons. The topological polar surface area (TPSA) is 66.7 Å². The number of fused-ring (bicyclic) bond motifs is 1. The van der Waals surface area contributed by atoms with E-state index in [1.807, 2.05) is 60.9 Å². The van der Waals surface area contributed by atoms with E-state index >= 15 is 0 Å². The van der Waals surface area contributed by atoms with E-state index in [0.29, 0.717) is 19.4 Å². The van der Waals surface area contributed by atoms with Crippen LogP contribution in [0.1, 0.15) is 25.1 Å². The first kappa shape index (κ1) is 17.3. The molecule has 0 saturated carbocycles. The fraction of sp³-hybridized carbons (Fsp3) is 0.286. The van der Waals surface area contributed by atoms with Gasteiger partial charge in [0, 0.05) is 31.3 Å². The molecule has 1 atom stereocenters. The molecule has 1 fully saturated rings. The van der Waals surface area contributed by atoms with E-state index in [-0.39, 0.29) is 11.8 Å². The van der Waals surface area contributed by atoms with Gasteiger partial charge in [0.2, 0.25) is 11.8 Å². The standard InChI is InChI=1S/C21H22N4O2/c26-20-12-11-18(25(20)16-7-2-1-3-8-16)21(27)22-13-6-10-19-23-15-17-9-4-5-14-24(17)19/h1-5,7-9,14-15,18H,6,10-13H2,(H,22,27). The van der Waals surface area contributed by atoms with Crippen LogP contribution < -0.4 is 10.2 Å². The molecule has 6 heteroatoms. The molecular formula is C21H22N4O2. The molecule has 1 unspecified atom stereocenters. The number of nitrogens with one attached hydrogen (secondary N) is 1. The number of hydrogen-bond acceptors (Lipinski definition) is 3. The van der Waals surface area contributed by atoms with E-state index in [0.717, 1.165) is 29.9 Å². The summed E-state index contributed by atoms with van der Waals surface area (Å²) in [4.78, 5) is 30.9. The minimum atomic E-state index is -0.424. The van der Waals surface area contributed by atoms with Crippen molar-refractivity contribution in [2.75, 3.05) is 11.4 Å².